The number of hydrazine groups is 1. The van der Waals surface area contributed by atoms with E-state index in [1.807, 2.05) is 0 Å². The van der Waals surface area contributed by atoms with E-state index >= 15 is 0 Å². The summed E-state index contributed by atoms with van der Waals surface area (Å²) in [5.41, 5.74) is 2.36. The number of aromatic nitrogens is 1. The van der Waals surface area contributed by atoms with Gasteiger partial charge in [0, 0.05) is 24.9 Å². The van der Waals surface area contributed by atoms with Crippen LogP contribution >= 0.6 is 0 Å². The first kappa shape index (κ1) is 14.4. The number of nitrogens with zero attached hydrogens (tertiary/aromatic N) is 3. The van der Waals surface area contributed by atoms with Gasteiger partial charge in [0.2, 0.25) is 0 Å². The molecule has 1 aromatic carbocycles. The van der Waals surface area contributed by atoms with Crippen LogP contribution in [0.25, 0.3) is 0 Å². The predicted octanol–water partition coefficient (Wildman–Crippen LogP) is 1.55. The number of nitrogen functional groups attached to an aromatic ring is 1. The Bertz CT molecular complexity index is 675. The van der Waals surface area contributed by atoms with Gasteiger partial charge >= 0.3 is 0 Å². The van der Waals surface area contributed by atoms with Crippen molar-refractivity contribution in [2.45, 2.75) is 0 Å². The molecule has 1 heterocycles. The molecular formula is C13H13N5O3. The minimum atomic E-state index is -0.577. The number of nitro benzene ring substituents is 1. The lowest BCUT2D eigenvalue weighted by Crippen LogP contribution is -2.27. The normalized spacial score (nSPS) is 10.0. The summed E-state index contributed by atoms with van der Waals surface area (Å²) in [4.78, 5) is 28.0. The van der Waals surface area contributed by atoms with Gasteiger partial charge in [-0.3, -0.25) is 25.7 Å². The van der Waals surface area contributed by atoms with Gasteiger partial charge in [-0.15, -0.1) is 0 Å². The summed E-state index contributed by atoms with van der Waals surface area (Å²) in [6.07, 6.45) is 1.57. The molecule has 0 atom stereocenters. The third-order valence-corrected chi connectivity index (χ3v) is 2.89. The van der Waals surface area contributed by atoms with Crippen LogP contribution in [0.5, 0.6) is 0 Å². The van der Waals surface area contributed by atoms with E-state index in [-0.39, 0.29) is 22.8 Å². The van der Waals surface area contributed by atoms with E-state index in [1.54, 1.807) is 31.4 Å². The molecule has 0 saturated carbocycles. The van der Waals surface area contributed by atoms with Crippen LogP contribution in [0.15, 0.2) is 42.6 Å². The highest BCUT2D eigenvalue weighted by Gasteiger charge is 2.19. The van der Waals surface area contributed by atoms with Crippen molar-refractivity contribution < 1.29 is 9.72 Å². The van der Waals surface area contributed by atoms with Crippen molar-refractivity contribution in [1.29, 1.82) is 0 Å². The van der Waals surface area contributed by atoms with E-state index in [0.29, 0.717) is 5.82 Å². The van der Waals surface area contributed by atoms with Gasteiger partial charge in [-0.05, 0) is 24.3 Å². The molecule has 0 fully saturated rings. The van der Waals surface area contributed by atoms with Gasteiger partial charge in [0.25, 0.3) is 11.6 Å². The molecule has 8 nitrogen and oxygen atoms in total. The molecule has 0 radical (unpaired) electrons. The van der Waals surface area contributed by atoms with E-state index in [2.05, 4.69) is 10.4 Å². The largest absolute Gasteiger partial charge is 0.318 e. The Morgan fingerprint density at radius 3 is 2.71 bits per heavy atom. The Labute approximate surface area is 120 Å². The molecule has 2 rings (SSSR count). The van der Waals surface area contributed by atoms with Crippen LogP contribution in [0.3, 0.4) is 0 Å². The molecule has 0 unspecified atom stereocenters. The standard InChI is InChI=1S/C13H13N5O3/c1-17(12-4-2-3-7-15-12)13(19)9-5-6-11(18(20)21)10(8-9)16-14/h2-8,16H,14H2,1H3. The second-order valence-electron chi connectivity index (χ2n) is 4.19. The highest BCUT2D eigenvalue weighted by Crippen LogP contribution is 2.25. The Kier molecular flexibility index (Phi) is 4.10. The number of nitrogens with one attached hydrogen (secondary N) is 1. The summed E-state index contributed by atoms with van der Waals surface area (Å²) >= 11 is 0. The number of carbonyl (C=O) groups is 1. The van der Waals surface area contributed by atoms with Crippen LogP contribution in [0.2, 0.25) is 0 Å². The number of amides is 1. The average molecular weight is 287 g/mol. The first-order valence-corrected chi connectivity index (χ1v) is 5.98. The maximum Gasteiger partial charge on any atom is 0.293 e. The molecule has 1 aromatic heterocycles. The second-order valence-corrected chi connectivity index (χ2v) is 4.19. The third kappa shape index (κ3) is 2.95. The van der Waals surface area contributed by atoms with Crippen LogP contribution in [-0.2, 0) is 0 Å². The Morgan fingerprint density at radius 2 is 2.14 bits per heavy atom. The minimum absolute atomic E-state index is 0.0697. The van der Waals surface area contributed by atoms with Crippen molar-refractivity contribution in [3.8, 4) is 0 Å². The van der Waals surface area contributed by atoms with Gasteiger partial charge in [-0.1, -0.05) is 6.07 Å². The molecule has 108 valence electrons. The molecule has 0 aliphatic heterocycles. The molecular weight excluding hydrogens is 274 g/mol. The number of anilines is 2. The smallest absolute Gasteiger partial charge is 0.293 e. The number of hydrogen-bond acceptors (Lipinski definition) is 6. The fourth-order valence-corrected chi connectivity index (χ4v) is 1.79. The molecule has 0 aliphatic carbocycles. The number of nitro groups is 1. The van der Waals surface area contributed by atoms with Gasteiger partial charge in [0.15, 0.2) is 0 Å². The topological polar surface area (TPSA) is 114 Å². The molecule has 2 aromatic rings. The van der Waals surface area contributed by atoms with Crippen molar-refractivity contribution in [2.24, 2.45) is 5.84 Å². The number of benzene rings is 1. The Hall–Kier alpha value is -3.00. The fourth-order valence-electron chi connectivity index (χ4n) is 1.79. The highest BCUT2D eigenvalue weighted by molar-refractivity contribution is 6.06. The summed E-state index contributed by atoms with van der Waals surface area (Å²) < 4.78 is 0. The molecule has 0 aliphatic rings. The second kappa shape index (κ2) is 5.97. The molecule has 8 heteroatoms. The van der Waals surface area contributed by atoms with Crippen molar-refractivity contribution in [2.75, 3.05) is 17.4 Å². The summed E-state index contributed by atoms with van der Waals surface area (Å²) in [5, 5.41) is 10.8. The van der Waals surface area contributed by atoms with Gasteiger partial charge in [0.05, 0.1) is 4.92 Å². The Morgan fingerprint density at radius 1 is 1.38 bits per heavy atom. The number of rotatable bonds is 4. The van der Waals surface area contributed by atoms with E-state index in [1.165, 1.54) is 23.1 Å². The fraction of sp³-hybridized carbons (Fsp3) is 0.0769. The van der Waals surface area contributed by atoms with Crippen molar-refractivity contribution in [3.05, 3.63) is 58.3 Å². The molecule has 21 heavy (non-hydrogen) atoms. The molecule has 3 N–H and O–H groups in total. The maximum absolute atomic E-state index is 12.3. The van der Waals surface area contributed by atoms with Crippen LogP contribution in [-0.4, -0.2) is 22.9 Å². The number of nitrogens with two attached hydrogens (primary N) is 1. The summed E-state index contributed by atoms with van der Waals surface area (Å²) in [6, 6.07) is 9.12. The van der Waals surface area contributed by atoms with E-state index in [0.717, 1.165) is 0 Å². The lowest BCUT2D eigenvalue weighted by atomic mass is 10.1. The van der Waals surface area contributed by atoms with Crippen LogP contribution in [0, 0.1) is 10.1 Å². The lowest BCUT2D eigenvalue weighted by Gasteiger charge is -2.16. The quantitative estimate of drug-likeness (QED) is 0.501. The highest BCUT2D eigenvalue weighted by atomic mass is 16.6. The SMILES string of the molecule is CN(C(=O)c1ccc([N+](=O)[O-])c(NN)c1)c1ccccn1. The van der Waals surface area contributed by atoms with E-state index in [9.17, 15) is 14.9 Å². The summed E-state index contributed by atoms with van der Waals surface area (Å²) in [6.45, 7) is 0. The monoisotopic (exact) mass is 287 g/mol. The van der Waals surface area contributed by atoms with Crippen LogP contribution in [0.4, 0.5) is 17.2 Å². The number of hydrogen-bond donors (Lipinski definition) is 2. The predicted molar refractivity (Wildman–Crippen MR) is 77.9 cm³/mol. The van der Waals surface area contributed by atoms with Crippen LogP contribution in [0.1, 0.15) is 10.4 Å². The average Bonchev–Trinajstić information content (AvgIpc) is 2.53. The van der Waals surface area contributed by atoms with Gasteiger partial charge in [0.1, 0.15) is 11.5 Å². The number of carbonyl (C=O) groups excluding carboxylic acids is 1. The maximum atomic E-state index is 12.3. The molecule has 0 bridgehead atoms. The Balaban J connectivity index is 2.34. The lowest BCUT2D eigenvalue weighted by molar-refractivity contribution is -0.384. The number of pyridine rings is 1. The van der Waals surface area contributed by atoms with Gasteiger partial charge < -0.3 is 5.43 Å². The first-order valence-electron chi connectivity index (χ1n) is 5.98. The zero-order chi connectivity index (χ0) is 15.4. The van der Waals surface area contributed by atoms with Gasteiger partial charge in [-0.2, -0.15) is 0 Å². The first-order chi connectivity index (χ1) is 10.0. The summed E-state index contributed by atoms with van der Waals surface area (Å²) in [7, 11) is 1.57. The van der Waals surface area contributed by atoms with Gasteiger partial charge in [-0.25, -0.2) is 4.98 Å². The molecule has 0 spiro atoms. The minimum Gasteiger partial charge on any atom is -0.318 e. The summed E-state index contributed by atoms with van der Waals surface area (Å²) in [5.74, 6) is 5.38. The molecule has 1 amide bonds. The van der Waals surface area contributed by atoms with Crippen molar-refractivity contribution in [3.63, 3.8) is 0 Å². The van der Waals surface area contributed by atoms with Crippen molar-refractivity contribution in [1.82, 2.24) is 4.98 Å². The third-order valence-electron chi connectivity index (χ3n) is 2.89. The zero-order valence-electron chi connectivity index (χ0n) is 11.2. The van der Waals surface area contributed by atoms with E-state index in [4.69, 9.17) is 5.84 Å². The molecule has 0 saturated heterocycles. The zero-order valence-corrected chi connectivity index (χ0v) is 11.2. The van der Waals surface area contributed by atoms with E-state index < -0.39 is 4.92 Å². The van der Waals surface area contributed by atoms with Crippen molar-refractivity contribution >= 4 is 23.1 Å². The van der Waals surface area contributed by atoms with Crippen LogP contribution < -0.4 is 16.2 Å².